The lowest BCUT2D eigenvalue weighted by Gasteiger charge is -2.36. The number of hydrogen-bond acceptors (Lipinski definition) is 2. The van der Waals surface area contributed by atoms with Crippen molar-refractivity contribution in [1.29, 1.82) is 0 Å². The molecule has 1 aliphatic carbocycles. The smallest absolute Gasteiger partial charge is 0.226 e. The molecule has 2 fully saturated rings. The van der Waals surface area contributed by atoms with Gasteiger partial charge in [-0.05, 0) is 37.8 Å². The van der Waals surface area contributed by atoms with E-state index in [1.54, 1.807) is 0 Å². The molecule has 3 nitrogen and oxygen atoms in total. The summed E-state index contributed by atoms with van der Waals surface area (Å²) in [4.78, 5) is 14.6. The summed E-state index contributed by atoms with van der Waals surface area (Å²) in [5, 5.41) is 3.26. The molecular formula is C16H29ClN2O. The van der Waals surface area contributed by atoms with Gasteiger partial charge in [0.25, 0.3) is 0 Å². The first kappa shape index (κ1) is 17.5. The van der Waals surface area contributed by atoms with E-state index in [-0.39, 0.29) is 18.3 Å². The molecule has 116 valence electrons. The molecule has 4 heteroatoms. The Labute approximate surface area is 129 Å². The standard InChI is InChI=1S/C16H28N2O.ClH/c1-3-9-18(12-14-7-5-4-6-8-14)16(19)13(2)15-10-17-11-15;/h3,13-15,17H,1,4-12H2,2H3;1H. The fourth-order valence-electron chi connectivity index (χ4n) is 3.25. The molecule has 20 heavy (non-hydrogen) atoms. The molecule has 1 saturated heterocycles. The van der Waals surface area contributed by atoms with Crippen molar-refractivity contribution in [3.05, 3.63) is 12.7 Å². The van der Waals surface area contributed by atoms with Crippen LogP contribution in [0.4, 0.5) is 0 Å². The van der Waals surface area contributed by atoms with Gasteiger partial charge in [0, 0.05) is 19.0 Å². The van der Waals surface area contributed by atoms with E-state index >= 15 is 0 Å². The van der Waals surface area contributed by atoms with Gasteiger partial charge < -0.3 is 10.2 Å². The van der Waals surface area contributed by atoms with Crippen LogP contribution in [-0.4, -0.2) is 37.0 Å². The molecule has 2 rings (SSSR count). The number of rotatable bonds is 6. The van der Waals surface area contributed by atoms with Gasteiger partial charge in [0.15, 0.2) is 0 Å². The largest absolute Gasteiger partial charge is 0.338 e. The van der Waals surface area contributed by atoms with Gasteiger partial charge in [-0.1, -0.05) is 32.3 Å². The number of nitrogens with one attached hydrogen (secondary N) is 1. The first-order valence-corrected chi connectivity index (χ1v) is 7.82. The summed E-state index contributed by atoms with van der Waals surface area (Å²) < 4.78 is 0. The number of carbonyl (C=O) groups excluding carboxylic acids is 1. The van der Waals surface area contributed by atoms with Gasteiger partial charge in [0.1, 0.15) is 0 Å². The van der Waals surface area contributed by atoms with Crippen LogP contribution in [0.5, 0.6) is 0 Å². The van der Waals surface area contributed by atoms with Gasteiger partial charge in [0.05, 0.1) is 0 Å². The number of amides is 1. The number of carbonyl (C=O) groups is 1. The van der Waals surface area contributed by atoms with Crippen molar-refractivity contribution in [1.82, 2.24) is 10.2 Å². The third-order valence-electron chi connectivity index (χ3n) is 4.77. The minimum atomic E-state index is 0. The van der Waals surface area contributed by atoms with Crippen molar-refractivity contribution in [3.8, 4) is 0 Å². The van der Waals surface area contributed by atoms with Gasteiger partial charge in [-0.25, -0.2) is 0 Å². The van der Waals surface area contributed by atoms with Gasteiger partial charge in [-0.3, -0.25) is 4.79 Å². The molecule has 1 N–H and O–H groups in total. The highest BCUT2D eigenvalue weighted by Crippen LogP contribution is 2.26. The van der Waals surface area contributed by atoms with E-state index < -0.39 is 0 Å². The summed E-state index contributed by atoms with van der Waals surface area (Å²) in [5.41, 5.74) is 0. The number of hydrogen-bond donors (Lipinski definition) is 1. The van der Waals surface area contributed by atoms with Gasteiger partial charge >= 0.3 is 0 Å². The summed E-state index contributed by atoms with van der Waals surface area (Å²) >= 11 is 0. The molecule has 2 aliphatic rings. The predicted molar refractivity (Wildman–Crippen MR) is 86.1 cm³/mol. The van der Waals surface area contributed by atoms with Crippen LogP contribution in [0.15, 0.2) is 12.7 Å². The monoisotopic (exact) mass is 300 g/mol. The first-order valence-electron chi connectivity index (χ1n) is 7.82. The molecule has 0 spiro atoms. The van der Waals surface area contributed by atoms with Crippen molar-refractivity contribution in [3.63, 3.8) is 0 Å². The predicted octanol–water partition coefficient (Wildman–Crippen LogP) is 2.86. The van der Waals surface area contributed by atoms with Crippen molar-refractivity contribution < 1.29 is 4.79 Å². The third-order valence-corrected chi connectivity index (χ3v) is 4.77. The summed E-state index contributed by atoms with van der Waals surface area (Å²) in [6.07, 6.45) is 8.49. The van der Waals surface area contributed by atoms with E-state index in [1.807, 2.05) is 11.0 Å². The highest BCUT2D eigenvalue weighted by atomic mass is 35.5. The van der Waals surface area contributed by atoms with E-state index in [0.717, 1.165) is 19.6 Å². The molecule has 0 aromatic heterocycles. The summed E-state index contributed by atoms with van der Waals surface area (Å²) in [5.74, 6) is 1.73. The van der Waals surface area contributed by atoms with Crippen molar-refractivity contribution >= 4 is 18.3 Å². The minimum Gasteiger partial charge on any atom is -0.338 e. The summed E-state index contributed by atoms with van der Waals surface area (Å²) in [6, 6.07) is 0. The second-order valence-electron chi connectivity index (χ2n) is 6.24. The molecule has 1 heterocycles. The lowest BCUT2D eigenvalue weighted by atomic mass is 9.86. The zero-order chi connectivity index (χ0) is 13.7. The normalized spacial score (nSPS) is 21.4. The van der Waals surface area contributed by atoms with Crippen LogP contribution < -0.4 is 5.32 Å². The summed E-state index contributed by atoms with van der Waals surface area (Å²) in [7, 11) is 0. The van der Waals surface area contributed by atoms with Crippen LogP contribution in [-0.2, 0) is 4.79 Å². The lowest BCUT2D eigenvalue weighted by molar-refractivity contribution is -0.137. The Hall–Kier alpha value is -0.540. The van der Waals surface area contributed by atoms with Gasteiger partial charge in [-0.2, -0.15) is 0 Å². The maximum atomic E-state index is 12.6. The van der Waals surface area contributed by atoms with Crippen molar-refractivity contribution in [2.45, 2.75) is 39.0 Å². The Kier molecular flexibility index (Phi) is 7.60. The molecule has 1 aliphatic heterocycles. The Morgan fingerprint density at radius 2 is 2.00 bits per heavy atom. The molecule has 0 aromatic carbocycles. The Morgan fingerprint density at radius 1 is 1.35 bits per heavy atom. The molecule has 1 saturated carbocycles. The highest BCUT2D eigenvalue weighted by molar-refractivity contribution is 5.85. The Morgan fingerprint density at radius 3 is 2.50 bits per heavy atom. The zero-order valence-electron chi connectivity index (χ0n) is 12.6. The molecular weight excluding hydrogens is 272 g/mol. The van der Waals surface area contributed by atoms with Crippen molar-refractivity contribution in [2.75, 3.05) is 26.2 Å². The van der Waals surface area contributed by atoms with E-state index in [9.17, 15) is 4.79 Å². The van der Waals surface area contributed by atoms with Crippen LogP contribution in [0, 0.1) is 17.8 Å². The summed E-state index contributed by atoms with van der Waals surface area (Å²) in [6.45, 7) is 9.54. The first-order chi connectivity index (χ1) is 9.22. The minimum absolute atomic E-state index is 0. The topological polar surface area (TPSA) is 32.3 Å². The SMILES string of the molecule is C=CCN(CC1CCCCC1)C(=O)C(C)C1CNC1.Cl. The molecule has 0 radical (unpaired) electrons. The maximum absolute atomic E-state index is 12.6. The van der Waals surface area contributed by atoms with Crippen LogP contribution in [0.25, 0.3) is 0 Å². The highest BCUT2D eigenvalue weighted by Gasteiger charge is 2.32. The van der Waals surface area contributed by atoms with Crippen LogP contribution >= 0.6 is 12.4 Å². The van der Waals surface area contributed by atoms with Crippen LogP contribution in [0.1, 0.15) is 39.0 Å². The number of nitrogens with zero attached hydrogens (tertiary/aromatic N) is 1. The molecule has 1 amide bonds. The fourth-order valence-corrected chi connectivity index (χ4v) is 3.25. The maximum Gasteiger partial charge on any atom is 0.226 e. The molecule has 0 bridgehead atoms. The van der Waals surface area contributed by atoms with E-state index in [2.05, 4.69) is 18.8 Å². The van der Waals surface area contributed by atoms with E-state index in [4.69, 9.17) is 0 Å². The van der Waals surface area contributed by atoms with Crippen LogP contribution in [0.3, 0.4) is 0 Å². The average molecular weight is 301 g/mol. The second-order valence-corrected chi connectivity index (χ2v) is 6.24. The molecule has 0 aromatic rings. The third kappa shape index (κ3) is 4.49. The van der Waals surface area contributed by atoms with Gasteiger partial charge in [-0.15, -0.1) is 19.0 Å². The fraction of sp³-hybridized carbons (Fsp3) is 0.812. The Balaban J connectivity index is 0.00000200. The Bertz CT molecular complexity index is 312. The van der Waals surface area contributed by atoms with E-state index in [1.165, 1.54) is 32.1 Å². The quantitative estimate of drug-likeness (QED) is 0.765. The second kappa shape index (κ2) is 8.68. The van der Waals surface area contributed by atoms with Crippen LogP contribution in [0.2, 0.25) is 0 Å². The van der Waals surface area contributed by atoms with Gasteiger partial charge in [0.2, 0.25) is 5.91 Å². The average Bonchev–Trinajstić information content (AvgIpc) is 2.36. The molecule has 1 unspecified atom stereocenters. The number of halogens is 1. The molecule has 1 atom stereocenters. The van der Waals surface area contributed by atoms with E-state index in [0.29, 0.717) is 24.3 Å². The van der Waals surface area contributed by atoms with Crippen molar-refractivity contribution in [2.24, 2.45) is 17.8 Å². The lowest BCUT2D eigenvalue weighted by Crippen LogP contribution is -2.51. The zero-order valence-corrected chi connectivity index (χ0v) is 13.5.